The fourth-order valence-corrected chi connectivity index (χ4v) is 5.28. The molecular formula is C27H32ClN5O4. The summed E-state index contributed by atoms with van der Waals surface area (Å²) in [5, 5.41) is 0.626. The minimum absolute atomic E-state index is 0.0322. The standard InChI is InChI=1S/C27H32ClN5O4/c1-15-12-20(14-31(4)25(15)34)33-23(18-8-10-19(28)11-9-18)16(2)22(26(33)35)17(3)32(5)21-13-29-27(37-7)30-24(21)36-6/h8-11,13-16,23H,12H2,1-7H3/b22-17+. The third-order valence-electron chi connectivity index (χ3n) is 7.15. The Morgan fingerprint density at radius 2 is 1.81 bits per heavy atom. The average molecular weight is 526 g/mol. The maximum atomic E-state index is 14.2. The van der Waals surface area contributed by atoms with Crippen LogP contribution in [-0.2, 0) is 9.59 Å². The predicted octanol–water partition coefficient (Wildman–Crippen LogP) is 4.42. The molecule has 3 atom stereocenters. The highest BCUT2D eigenvalue weighted by atomic mass is 35.5. The van der Waals surface area contributed by atoms with Crippen LogP contribution in [0.2, 0.25) is 5.02 Å². The Balaban J connectivity index is 1.83. The van der Waals surface area contributed by atoms with Crippen molar-refractivity contribution in [3.8, 4) is 11.9 Å². The van der Waals surface area contributed by atoms with Crippen LogP contribution in [-0.4, -0.2) is 59.9 Å². The Morgan fingerprint density at radius 3 is 2.41 bits per heavy atom. The zero-order chi connectivity index (χ0) is 27.0. The van der Waals surface area contributed by atoms with E-state index < -0.39 is 0 Å². The Kier molecular flexibility index (Phi) is 7.45. The molecule has 1 fully saturated rings. The van der Waals surface area contributed by atoms with Gasteiger partial charge >= 0.3 is 6.01 Å². The topological polar surface area (TPSA) is 88.1 Å². The van der Waals surface area contributed by atoms with Gasteiger partial charge in [-0.25, -0.2) is 4.98 Å². The SMILES string of the molecule is COc1ncc(N(C)/C(C)=C2/C(=O)N(C3=CN(C)C(=O)C(C)C3)C(c3ccc(Cl)cc3)C2C)c(OC)n1. The van der Waals surface area contributed by atoms with Crippen molar-refractivity contribution >= 4 is 29.1 Å². The van der Waals surface area contributed by atoms with Crippen molar-refractivity contribution in [2.45, 2.75) is 33.2 Å². The van der Waals surface area contributed by atoms with Crippen molar-refractivity contribution in [3.05, 3.63) is 64.2 Å². The third kappa shape index (κ3) is 4.75. The van der Waals surface area contributed by atoms with Gasteiger partial charge in [0.05, 0.1) is 26.5 Å². The van der Waals surface area contributed by atoms with Crippen LogP contribution in [0.4, 0.5) is 5.69 Å². The highest BCUT2D eigenvalue weighted by Crippen LogP contribution is 2.47. The number of benzene rings is 1. The van der Waals surface area contributed by atoms with Crippen LogP contribution in [0.5, 0.6) is 11.9 Å². The van der Waals surface area contributed by atoms with E-state index in [0.29, 0.717) is 28.6 Å². The van der Waals surface area contributed by atoms with Crippen molar-refractivity contribution < 1.29 is 19.1 Å². The summed E-state index contributed by atoms with van der Waals surface area (Å²) in [6.45, 7) is 5.84. The monoisotopic (exact) mass is 525 g/mol. The summed E-state index contributed by atoms with van der Waals surface area (Å²) in [5.41, 5.74) is 3.79. The molecule has 0 saturated carbocycles. The van der Waals surface area contributed by atoms with E-state index in [2.05, 4.69) is 9.97 Å². The van der Waals surface area contributed by atoms with Crippen LogP contribution in [0.1, 0.15) is 38.8 Å². The highest BCUT2D eigenvalue weighted by Gasteiger charge is 2.46. The lowest BCUT2D eigenvalue weighted by Gasteiger charge is -2.34. The molecule has 37 heavy (non-hydrogen) atoms. The van der Waals surface area contributed by atoms with Crippen LogP contribution in [0.3, 0.4) is 0 Å². The molecule has 2 aliphatic heterocycles. The second kappa shape index (κ2) is 10.4. The van der Waals surface area contributed by atoms with Gasteiger partial charge < -0.3 is 24.2 Å². The quantitative estimate of drug-likeness (QED) is 0.516. The smallest absolute Gasteiger partial charge is 0.319 e. The Morgan fingerprint density at radius 1 is 1.14 bits per heavy atom. The molecule has 3 unspecified atom stereocenters. The van der Waals surface area contributed by atoms with Gasteiger partial charge in [0, 0.05) is 60.5 Å². The molecule has 196 valence electrons. The van der Waals surface area contributed by atoms with E-state index in [1.165, 1.54) is 14.2 Å². The second-order valence-electron chi connectivity index (χ2n) is 9.44. The average Bonchev–Trinajstić information content (AvgIpc) is 3.15. The number of carbonyl (C=O) groups is 2. The molecule has 4 rings (SSSR count). The number of ether oxygens (including phenoxy) is 2. The van der Waals surface area contributed by atoms with Crippen LogP contribution in [0.25, 0.3) is 0 Å². The largest absolute Gasteiger partial charge is 0.479 e. The normalized spacial score (nSPS) is 23.2. The molecule has 1 saturated heterocycles. The Bertz CT molecular complexity index is 1280. The maximum Gasteiger partial charge on any atom is 0.319 e. The summed E-state index contributed by atoms with van der Waals surface area (Å²) in [5.74, 6) is -0.129. The van der Waals surface area contributed by atoms with Gasteiger partial charge in [0.15, 0.2) is 0 Å². The van der Waals surface area contributed by atoms with Gasteiger partial charge in [-0.2, -0.15) is 4.98 Å². The molecule has 1 aromatic heterocycles. The van der Waals surface area contributed by atoms with Crippen LogP contribution >= 0.6 is 11.6 Å². The number of hydrogen-bond acceptors (Lipinski definition) is 7. The zero-order valence-electron chi connectivity index (χ0n) is 22.2. The van der Waals surface area contributed by atoms with E-state index >= 15 is 0 Å². The van der Waals surface area contributed by atoms with Crippen molar-refractivity contribution in [3.63, 3.8) is 0 Å². The third-order valence-corrected chi connectivity index (χ3v) is 7.40. The van der Waals surface area contributed by atoms with Gasteiger partial charge in [-0.3, -0.25) is 9.59 Å². The summed E-state index contributed by atoms with van der Waals surface area (Å²) in [7, 11) is 6.59. The van der Waals surface area contributed by atoms with E-state index in [1.807, 2.05) is 61.9 Å². The van der Waals surface area contributed by atoms with Crippen molar-refractivity contribution in [2.75, 3.05) is 33.2 Å². The lowest BCUT2D eigenvalue weighted by molar-refractivity contribution is -0.133. The van der Waals surface area contributed by atoms with Gasteiger partial charge in [0.1, 0.15) is 5.69 Å². The number of allylic oxidation sites excluding steroid dienone is 2. The van der Waals surface area contributed by atoms with E-state index in [9.17, 15) is 9.59 Å². The van der Waals surface area contributed by atoms with Crippen LogP contribution < -0.4 is 14.4 Å². The van der Waals surface area contributed by atoms with Gasteiger partial charge in [0.2, 0.25) is 11.8 Å². The first-order valence-corrected chi connectivity index (χ1v) is 12.4. The zero-order valence-corrected chi connectivity index (χ0v) is 22.9. The molecule has 2 aliphatic rings. The number of methoxy groups -OCH3 is 2. The molecule has 0 bridgehead atoms. The Hall–Kier alpha value is -3.59. The molecule has 0 spiro atoms. The number of halogens is 1. The summed E-state index contributed by atoms with van der Waals surface area (Å²) < 4.78 is 10.6. The van der Waals surface area contributed by atoms with Gasteiger partial charge in [0.25, 0.3) is 5.91 Å². The maximum absolute atomic E-state index is 14.2. The number of likely N-dealkylation sites (tertiary alicyclic amines) is 1. The van der Waals surface area contributed by atoms with Crippen molar-refractivity contribution in [2.24, 2.45) is 11.8 Å². The Labute approximate surface area is 222 Å². The molecule has 9 nitrogen and oxygen atoms in total. The number of anilines is 1. The van der Waals surface area contributed by atoms with E-state index in [1.54, 1.807) is 24.3 Å². The lowest BCUT2D eigenvalue weighted by Crippen LogP contribution is -2.38. The molecule has 0 N–H and O–H groups in total. The number of aromatic nitrogens is 2. The summed E-state index contributed by atoms with van der Waals surface area (Å²) in [4.78, 5) is 40.4. The molecule has 3 heterocycles. The first-order chi connectivity index (χ1) is 17.6. The van der Waals surface area contributed by atoms with Gasteiger partial charge in [-0.15, -0.1) is 0 Å². The van der Waals surface area contributed by atoms with E-state index in [0.717, 1.165) is 17.0 Å². The van der Waals surface area contributed by atoms with Crippen LogP contribution in [0.15, 0.2) is 53.6 Å². The highest BCUT2D eigenvalue weighted by molar-refractivity contribution is 6.30. The molecule has 10 heteroatoms. The number of carbonyl (C=O) groups excluding carboxylic acids is 2. The first-order valence-electron chi connectivity index (χ1n) is 12.0. The van der Waals surface area contributed by atoms with Crippen molar-refractivity contribution in [1.29, 1.82) is 0 Å². The number of hydrogen-bond donors (Lipinski definition) is 0. The van der Waals surface area contributed by atoms with E-state index in [-0.39, 0.29) is 35.7 Å². The molecular weight excluding hydrogens is 494 g/mol. The fourth-order valence-electron chi connectivity index (χ4n) is 5.16. The minimum Gasteiger partial charge on any atom is -0.479 e. The second-order valence-corrected chi connectivity index (χ2v) is 9.88. The number of nitrogens with zero attached hydrogens (tertiary/aromatic N) is 5. The number of rotatable bonds is 6. The predicted molar refractivity (Wildman–Crippen MR) is 141 cm³/mol. The summed E-state index contributed by atoms with van der Waals surface area (Å²) in [6, 6.07) is 7.49. The fraction of sp³-hybridized carbons (Fsp3) is 0.407. The summed E-state index contributed by atoms with van der Waals surface area (Å²) >= 11 is 6.18. The molecule has 0 radical (unpaired) electrons. The molecule has 2 aromatic rings. The van der Waals surface area contributed by atoms with Gasteiger partial charge in [-0.05, 0) is 24.6 Å². The summed E-state index contributed by atoms with van der Waals surface area (Å²) in [6.07, 6.45) is 3.87. The van der Waals surface area contributed by atoms with Gasteiger partial charge in [-0.1, -0.05) is 37.6 Å². The first kappa shape index (κ1) is 26.5. The molecule has 0 aliphatic carbocycles. The molecule has 2 amide bonds. The number of amides is 2. The molecule has 1 aromatic carbocycles. The van der Waals surface area contributed by atoms with Crippen molar-refractivity contribution in [1.82, 2.24) is 19.8 Å². The minimum atomic E-state index is -0.266. The lowest BCUT2D eigenvalue weighted by atomic mass is 9.90. The van der Waals surface area contributed by atoms with Crippen LogP contribution in [0, 0.1) is 11.8 Å². The van der Waals surface area contributed by atoms with E-state index in [4.69, 9.17) is 21.1 Å².